The Kier molecular flexibility index (Phi) is 3.25. The molecule has 0 saturated heterocycles. The van der Waals surface area contributed by atoms with Crippen molar-refractivity contribution in [1.82, 2.24) is 4.98 Å². The third kappa shape index (κ3) is 1.93. The van der Waals surface area contributed by atoms with Crippen molar-refractivity contribution < 1.29 is 18.9 Å². The van der Waals surface area contributed by atoms with Gasteiger partial charge in [-0.1, -0.05) is 0 Å². The number of hydrogen-bond donors (Lipinski definition) is 1. The van der Waals surface area contributed by atoms with Crippen LogP contribution in [0, 0.1) is 0 Å². The topological polar surface area (TPSA) is 52.7 Å². The van der Waals surface area contributed by atoms with Gasteiger partial charge in [0.15, 0.2) is 23.0 Å². The van der Waals surface area contributed by atoms with Crippen molar-refractivity contribution in [2.45, 2.75) is 0 Å². The summed E-state index contributed by atoms with van der Waals surface area (Å²) in [6.07, 6.45) is 0. The van der Waals surface area contributed by atoms with Crippen molar-refractivity contribution in [2.75, 3.05) is 28.4 Å². The third-order valence-electron chi connectivity index (χ3n) is 3.62. The van der Waals surface area contributed by atoms with Gasteiger partial charge in [0.2, 0.25) is 0 Å². The van der Waals surface area contributed by atoms with E-state index < -0.39 is 0 Å². The summed E-state index contributed by atoms with van der Waals surface area (Å²) in [5.41, 5.74) is 1.84. The Morgan fingerprint density at radius 3 is 2.00 bits per heavy atom. The zero-order chi connectivity index (χ0) is 15.0. The van der Waals surface area contributed by atoms with Gasteiger partial charge in [0.25, 0.3) is 0 Å². The predicted molar refractivity (Wildman–Crippen MR) is 82.0 cm³/mol. The highest BCUT2D eigenvalue weighted by atomic mass is 16.5. The highest BCUT2D eigenvalue weighted by Gasteiger charge is 2.16. The first kappa shape index (κ1) is 13.4. The Morgan fingerprint density at radius 2 is 1.38 bits per heavy atom. The van der Waals surface area contributed by atoms with E-state index in [1.807, 2.05) is 24.3 Å². The van der Waals surface area contributed by atoms with E-state index >= 15 is 0 Å². The van der Waals surface area contributed by atoms with E-state index in [9.17, 15) is 0 Å². The standard InChI is InChI=1S/C16H17NO4/c1-18-12-6-5-9-10-7-13(19-2)14(20-3)8-11(10)17-15(9)16(12)21-4/h5-8,17H,1-4H3. The molecule has 110 valence electrons. The minimum atomic E-state index is 0.683. The van der Waals surface area contributed by atoms with Crippen LogP contribution in [0.1, 0.15) is 0 Å². The Morgan fingerprint density at radius 1 is 0.714 bits per heavy atom. The van der Waals surface area contributed by atoms with Crippen molar-refractivity contribution in [3.63, 3.8) is 0 Å². The van der Waals surface area contributed by atoms with Crippen molar-refractivity contribution in [2.24, 2.45) is 0 Å². The van der Waals surface area contributed by atoms with Crippen LogP contribution in [0.15, 0.2) is 24.3 Å². The van der Waals surface area contributed by atoms with Crippen LogP contribution in [-0.2, 0) is 0 Å². The number of hydrogen-bond acceptors (Lipinski definition) is 4. The number of fused-ring (bicyclic) bond motifs is 3. The molecule has 5 heteroatoms. The number of aromatic amines is 1. The highest BCUT2D eigenvalue weighted by molar-refractivity contribution is 6.10. The molecule has 1 N–H and O–H groups in total. The predicted octanol–water partition coefficient (Wildman–Crippen LogP) is 3.36. The molecule has 0 spiro atoms. The summed E-state index contributed by atoms with van der Waals surface area (Å²) < 4.78 is 21.5. The number of ether oxygens (including phenoxy) is 4. The molecule has 0 unspecified atom stereocenters. The molecule has 0 atom stereocenters. The van der Waals surface area contributed by atoms with Crippen LogP contribution in [0.25, 0.3) is 21.8 Å². The first-order valence-corrected chi connectivity index (χ1v) is 6.51. The quantitative estimate of drug-likeness (QED) is 0.799. The van der Waals surface area contributed by atoms with Crippen molar-refractivity contribution >= 4 is 21.8 Å². The van der Waals surface area contributed by atoms with Crippen LogP contribution < -0.4 is 18.9 Å². The third-order valence-corrected chi connectivity index (χ3v) is 3.62. The lowest BCUT2D eigenvalue weighted by Crippen LogP contribution is -1.90. The number of methoxy groups -OCH3 is 4. The van der Waals surface area contributed by atoms with E-state index in [1.165, 1.54) is 0 Å². The van der Waals surface area contributed by atoms with E-state index in [0.717, 1.165) is 21.8 Å². The summed E-state index contributed by atoms with van der Waals surface area (Å²) in [5.74, 6) is 2.75. The van der Waals surface area contributed by atoms with Crippen LogP contribution >= 0.6 is 0 Å². The summed E-state index contributed by atoms with van der Waals surface area (Å²) in [6, 6.07) is 7.77. The second-order valence-corrected chi connectivity index (χ2v) is 4.60. The van der Waals surface area contributed by atoms with E-state index in [4.69, 9.17) is 18.9 Å². The maximum Gasteiger partial charge on any atom is 0.184 e. The number of aromatic nitrogens is 1. The largest absolute Gasteiger partial charge is 0.493 e. The van der Waals surface area contributed by atoms with Crippen LogP contribution in [-0.4, -0.2) is 33.4 Å². The van der Waals surface area contributed by atoms with E-state index in [1.54, 1.807) is 28.4 Å². The monoisotopic (exact) mass is 287 g/mol. The maximum atomic E-state index is 5.47. The first-order chi connectivity index (χ1) is 10.2. The highest BCUT2D eigenvalue weighted by Crippen LogP contribution is 2.41. The summed E-state index contributed by atoms with van der Waals surface area (Å²) >= 11 is 0. The Labute approximate surface area is 122 Å². The number of nitrogens with one attached hydrogen (secondary N) is 1. The lowest BCUT2D eigenvalue weighted by atomic mass is 10.1. The van der Waals surface area contributed by atoms with Gasteiger partial charge >= 0.3 is 0 Å². The van der Waals surface area contributed by atoms with Gasteiger partial charge in [-0.3, -0.25) is 0 Å². The fraction of sp³-hybridized carbons (Fsp3) is 0.250. The second kappa shape index (κ2) is 5.09. The molecule has 3 aromatic rings. The van der Waals surface area contributed by atoms with Gasteiger partial charge in [0.05, 0.1) is 39.5 Å². The zero-order valence-corrected chi connectivity index (χ0v) is 12.4. The van der Waals surface area contributed by atoms with E-state index in [-0.39, 0.29) is 0 Å². The molecule has 0 aliphatic heterocycles. The summed E-state index contributed by atoms with van der Waals surface area (Å²) in [7, 11) is 6.50. The lowest BCUT2D eigenvalue weighted by molar-refractivity contribution is 0.356. The van der Waals surface area contributed by atoms with E-state index in [2.05, 4.69) is 4.98 Å². The number of H-pyrrole nitrogens is 1. The number of rotatable bonds is 4. The van der Waals surface area contributed by atoms with Crippen molar-refractivity contribution in [1.29, 1.82) is 0 Å². The summed E-state index contributed by atoms with van der Waals surface area (Å²) in [5, 5.41) is 2.09. The minimum absolute atomic E-state index is 0.683. The maximum absolute atomic E-state index is 5.47. The molecule has 5 nitrogen and oxygen atoms in total. The van der Waals surface area contributed by atoms with Crippen molar-refractivity contribution in [3.8, 4) is 23.0 Å². The SMILES string of the molecule is COc1cc2[nH]c3c(OC)c(OC)ccc3c2cc1OC. The molecule has 0 amide bonds. The zero-order valence-electron chi connectivity index (χ0n) is 12.4. The van der Waals surface area contributed by atoms with Gasteiger partial charge in [-0.25, -0.2) is 0 Å². The van der Waals surface area contributed by atoms with Crippen LogP contribution in [0.4, 0.5) is 0 Å². The molecule has 0 saturated carbocycles. The molecule has 0 bridgehead atoms. The molecule has 0 radical (unpaired) electrons. The van der Waals surface area contributed by atoms with Crippen LogP contribution in [0.2, 0.25) is 0 Å². The average Bonchev–Trinajstić information content (AvgIpc) is 2.89. The van der Waals surface area contributed by atoms with Gasteiger partial charge in [0.1, 0.15) is 0 Å². The van der Waals surface area contributed by atoms with Crippen LogP contribution in [0.5, 0.6) is 23.0 Å². The molecule has 1 heterocycles. The summed E-state index contributed by atoms with van der Waals surface area (Å²) in [4.78, 5) is 3.36. The van der Waals surface area contributed by atoms with Crippen molar-refractivity contribution in [3.05, 3.63) is 24.3 Å². The smallest absolute Gasteiger partial charge is 0.184 e. The molecule has 1 aromatic heterocycles. The van der Waals surface area contributed by atoms with Gasteiger partial charge in [-0.2, -0.15) is 0 Å². The molecule has 0 aliphatic carbocycles. The normalized spacial score (nSPS) is 10.9. The lowest BCUT2D eigenvalue weighted by Gasteiger charge is -2.08. The van der Waals surface area contributed by atoms with Gasteiger partial charge in [-0.05, 0) is 18.2 Å². The second-order valence-electron chi connectivity index (χ2n) is 4.60. The number of benzene rings is 2. The first-order valence-electron chi connectivity index (χ1n) is 6.51. The fourth-order valence-electron chi connectivity index (χ4n) is 2.62. The van der Waals surface area contributed by atoms with Gasteiger partial charge in [-0.15, -0.1) is 0 Å². The molecule has 2 aromatic carbocycles. The Bertz CT molecular complexity index is 807. The summed E-state index contributed by atoms with van der Waals surface area (Å²) in [6.45, 7) is 0. The Balaban J connectivity index is 2.39. The fourth-order valence-corrected chi connectivity index (χ4v) is 2.62. The van der Waals surface area contributed by atoms with E-state index in [0.29, 0.717) is 23.0 Å². The Hall–Kier alpha value is -2.56. The molecule has 21 heavy (non-hydrogen) atoms. The molecule has 0 fully saturated rings. The molecule has 0 aliphatic rings. The van der Waals surface area contributed by atoms with Gasteiger partial charge in [0, 0.05) is 16.8 Å². The molecular formula is C16H17NO4. The molecular weight excluding hydrogens is 270 g/mol. The van der Waals surface area contributed by atoms with Crippen LogP contribution in [0.3, 0.4) is 0 Å². The molecule has 3 rings (SSSR count). The van der Waals surface area contributed by atoms with Gasteiger partial charge < -0.3 is 23.9 Å². The minimum Gasteiger partial charge on any atom is -0.493 e. The average molecular weight is 287 g/mol.